The van der Waals surface area contributed by atoms with Crippen molar-refractivity contribution in [3.05, 3.63) is 64.8 Å². The monoisotopic (exact) mass is 444 g/mol. The normalized spacial score (nSPS) is 12.8. The summed E-state index contributed by atoms with van der Waals surface area (Å²) >= 11 is 0.799. The third kappa shape index (κ3) is 4.14. The van der Waals surface area contributed by atoms with Gasteiger partial charge in [-0.3, -0.25) is 4.21 Å². The number of aromatic nitrogens is 2. The summed E-state index contributed by atoms with van der Waals surface area (Å²) in [5, 5.41) is 3.68. The minimum absolute atomic E-state index is 0.262. The average molecular weight is 445 g/mol. The van der Waals surface area contributed by atoms with Crippen molar-refractivity contribution in [1.82, 2.24) is 9.78 Å². The fourth-order valence-corrected chi connectivity index (χ4v) is 2.90. The van der Waals surface area contributed by atoms with Gasteiger partial charge in [0.2, 0.25) is 0 Å². The fraction of sp³-hybridized carbons (Fsp3) is 0.0625. The topological polar surface area (TPSA) is 70.0 Å². The molecule has 0 bridgehead atoms. The Morgan fingerprint density at radius 1 is 1.08 bits per heavy atom. The number of alkyl halides is 3. The van der Waals surface area contributed by atoms with E-state index >= 15 is 0 Å². The van der Waals surface area contributed by atoms with Crippen LogP contribution in [-0.4, -0.2) is 18.5 Å². The highest BCUT2D eigenvalue weighted by Crippen LogP contribution is 2.33. The Bertz CT molecular complexity index is 941. The van der Waals surface area contributed by atoms with E-state index in [0.717, 1.165) is 10.5 Å². The zero-order valence-corrected chi connectivity index (χ0v) is 15.2. The van der Waals surface area contributed by atoms with E-state index in [0.29, 0.717) is 11.3 Å². The molecule has 0 saturated heterocycles. The number of anilines is 1. The standard InChI is InChI=1S/C16H11BrF3N3O2S/c17-11-3-1-10(2-4-11)14-9-15(16(18,19)20)21-23(14)13-7-5-12(6-8-13)22-26(24)25/h1-9,22H,(H,24,25)/p-1. The molecule has 5 nitrogen and oxygen atoms in total. The Morgan fingerprint density at radius 2 is 1.69 bits per heavy atom. The van der Waals surface area contributed by atoms with Crippen LogP contribution in [0.15, 0.2) is 59.1 Å². The molecule has 1 atom stereocenters. The van der Waals surface area contributed by atoms with E-state index in [4.69, 9.17) is 0 Å². The Labute approximate surface area is 157 Å². The molecule has 1 aromatic heterocycles. The highest BCUT2D eigenvalue weighted by molar-refractivity contribution is 9.10. The second-order valence-electron chi connectivity index (χ2n) is 5.21. The summed E-state index contributed by atoms with van der Waals surface area (Å²) in [5.74, 6) is 0. The van der Waals surface area contributed by atoms with Gasteiger partial charge in [0.15, 0.2) is 5.69 Å². The van der Waals surface area contributed by atoms with Gasteiger partial charge >= 0.3 is 6.18 Å². The van der Waals surface area contributed by atoms with Gasteiger partial charge < -0.3 is 9.27 Å². The minimum Gasteiger partial charge on any atom is -0.755 e. The van der Waals surface area contributed by atoms with Gasteiger partial charge in [-0.25, -0.2) is 4.68 Å². The first-order valence-corrected chi connectivity index (χ1v) is 9.00. The molecule has 0 aliphatic heterocycles. The number of hydrogen-bond acceptors (Lipinski definition) is 3. The van der Waals surface area contributed by atoms with Crippen LogP contribution in [-0.2, 0) is 17.4 Å². The van der Waals surface area contributed by atoms with Crippen molar-refractivity contribution in [2.24, 2.45) is 0 Å². The van der Waals surface area contributed by atoms with E-state index in [9.17, 15) is 21.9 Å². The molecule has 26 heavy (non-hydrogen) atoms. The maximum absolute atomic E-state index is 13.1. The van der Waals surface area contributed by atoms with Gasteiger partial charge in [0, 0.05) is 27.0 Å². The summed E-state index contributed by atoms with van der Waals surface area (Å²) < 4.78 is 64.8. The number of nitrogens with zero attached hydrogens (tertiary/aromatic N) is 2. The van der Waals surface area contributed by atoms with E-state index in [1.807, 2.05) is 0 Å². The van der Waals surface area contributed by atoms with Crippen molar-refractivity contribution in [3.8, 4) is 16.9 Å². The molecule has 0 aliphatic carbocycles. The number of benzene rings is 2. The molecule has 0 radical (unpaired) electrons. The smallest absolute Gasteiger partial charge is 0.435 e. The zero-order chi connectivity index (χ0) is 18.9. The summed E-state index contributed by atoms with van der Waals surface area (Å²) in [5.41, 5.74) is 0.450. The highest BCUT2D eigenvalue weighted by Gasteiger charge is 2.35. The van der Waals surface area contributed by atoms with Gasteiger partial charge in [0.05, 0.1) is 11.4 Å². The first-order valence-electron chi connectivity index (χ1n) is 7.13. The van der Waals surface area contributed by atoms with Crippen LogP contribution in [0.4, 0.5) is 18.9 Å². The van der Waals surface area contributed by atoms with Gasteiger partial charge in [-0.2, -0.15) is 18.3 Å². The van der Waals surface area contributed by atoms with Crippen LogP contribution in [0, 0.1) is 0 Å². The lowest BCUT2D eigenvalue weighted by atomic mass is 10.1. The Morgan fingerprint density at radius 3 is 2.23 bits per heavy atom. The number of hydrogen-bond donors (Lipinski definition) is 1. The molecule has 10 heteroatoms. The van der Waals surface area contributed by atoms with Crippen molar-refractivity contribution in [2.45, 2.75) is 6.18 Å². The molecular formula is C16H10BrF3N3O2S-. The van der Waals surface area contributed by atoms with E-state index < -0.39 is 23.1 Å². The zero-order valence-electron chi connectivity index (χ0n) is 12.8. The van der Waals surface area contributed by atoms with E-state index in [1.54, 1.807) is 24.3 Å². The van der Waals surface area contributed by atoms with Crippen LogP contribution < -0.4 is 4.72 Å². The van der Waals surface area contributed by atoms with Crippen LogP contribution in [0.2, 0.25) is 0 Å². The van der Waals surface area contributed by atoms with Gasteiger partial charge in [-0.15, -0.1) is 0 Å². The third-order valence-electron chi connectivity index (χ3n) is 3.45. The molecule has 0 amide bonds. The molecule has 136 valence electrons. The second-order valence-corrected chi connectivity index (χ2v) is 6.80. The lowest BCUT2D eigenvalue weighted by Gasteiger charge is -2.11. The fourth-order valence-electron chi connectivity index (χ4n) is 2.31. The van der Waals surface area contributed by atoms with Crippen molar-refractivity contribution < 1.29 is 21.9 Å². The predicted molar refractivity (Wildman–Crippen MR) is 94.2 cm³/mol. The first kappa shape index (κ1) is 18.6. The van der Waals surface area contributed by atoms with Gasteiger partial charge in [-0.05, 0) is 42.5 Å². The van der Waals surface area contributed by atoms with Crippen LogP contribution in [0.25, 0.3) is 16.9 Å². The van der Waals surface area contributed by atoms with Crippen molar-refractivity contribution in [3.63, 3.8) is 0 Å². The van der Waals surface area contributed by atoms with Crippen LogP contribution in [0.1, 0.15) is 5.69 Å². The van der Waals surface area contributed by atoms with Crippen molar-refractivity contribution in [2.75, 3.05) is 4.72 Å². The molecule has 1 unspecified atom stereocenters. The maximum Gasteiger partial charge on any atom is 0.435 e. The summed E-state index contributed by atoms with van der Waals surface area (Å²) in [6.07, 6.45) is -4.59. The lowest BCUT2D eigenvalue weighted by molar-refractivity contribution is -0.141. The Hall–Kier alpha value is -2.17. The Kier molecular flexibility index (Phi) is 5.17. The second kappa shape index (κ2) is 7.22. The third-order valence-corrected chi connectivity index (χ3v) is 4.38. The Balaban J connectivity index is 2.08. The molecule has 1 N–H and O–H groups in total. The maximum atomic E-state index is 13.1. The average Bonchev–Trinajstić information content (AvgIpc) is 3.01. The van der Waals surface area contributed by atoms with Crippen LogP contribution in [0.5, 0.6) is 0 Å². The minimum atomic E-state index is -4.59. The molecule has 0 aliphatic rings. The van der Waals surface area contributed by atoms with Crippen molar-refractivity contribution in [1.29, 1.82) is 0 Å². The number of nitrogens with one attached hydrogen (secondary N) is 1. The van der Waals surface area contributed by atoms with E-state index in [2.05, 4.69) is 25.8 Å². The molecule has 3 aromatic rings. The number of rotatable bonds is 4. The molecule has 0 fully saturated rings. The molecule has 3 rings (SSSR count). The van der Waals surface area contributed by atoms with Crippen LogP contribution in [0.3, 0.4) is 0 Å². The van der Waals surface area contributed by atoms with Gasteiger partial charge in [0.25, 0.3) is 0 Å². The van der Waals surface area contributed by atoms with Gasteiger partial charge in [0.1, 0.15) is 0 Å². The van der Waals surface area contributed by atoms with E-state index in [-0.39, 0.29) is 11.4 Å². The summed E-state index contributed by atoms with van der Waals surface area (Å²) in [7, 11) is 0. The van der Waals surface area contributed by atoms with Crippen LogP contribution >= 0.6 is 15.9 Å². The SMILES string of the molecule is O=S([O-])Nc1ccc(-n2nc(C(F)(F)F)cc2-c2ccc(Br)cc2)cc1. The van der Waals surface area contributed by atoms with Gasteiger partial charge in [-0.1, -0.05) is 28.1 Å². The molecular weight excluding hydrogens is 435 g/mol. The lowest BCUT2D eigenvalue weighted by Crippen LogP contribution is -2.07. The summed E-state index contributed by atoms with van der Waals surface area (Å²) in [4.78, 5) is 0. The molecule has 2 aromatic carbocycles. The quantitative estimate of drug-likeness (QED) is 0.601. The molecule has 1 heterocycles. The molecule has 0 saturated carbocycles. The largest absolute Gasteiger partial charge is 0.755 e. The molecule has 0 spiro atoms. The number of halogens is 4. The first-order chi connectivity index (χ1) is 12.2. The highest BCUT2D eigenvalue weighted by atomic mass is 79.9. The summed E-state index contributed by atoms with van der Waals surface area (Å²) in [6, 6.07) is 13.6. The van der Waals surface area contributed by atoms with Crippen molar-refractivity contribution >= 4 is 32.9 Å². The predicted octanol–water partition coefficient (Wildman–Crippen LogP) is 4.53. The summed E-state index contributed by atoms with van der Waals surface area (Å²) in [6.45, 7) is 0. The van der Waals surface area contributed by atoms with E-state index in [1.165, 1.54) is 28.9 Å².